The summed E-state index contributed by atoms with van der Waals surface area (Å²) in [6, 6.07) is 17.1. The number of fused-ring (bicyclic) bond motifs is 1. The van der Waals surface area contributed by atoms with Gasteiger partial charge in [-0.3, -0.25) is 9.88 Å². The summed E-state index contributed by atoms with van der Waals surface area (Å²) in [5.74, 6) is 0. The molecule has 2 N–H and O–H groups in total. The number of nitrogens with zero attached hydrogens (tertiary/aromatic N) is 3. The Morgan fingerprint density at radius 2 is 2.00 bits per heavy atom. The lowest BCUT2D eigenvalue weighted by atomic mass is 10.1. The number of nitrogens with one attached hydrogen (secondary N) is 2. The van der Waals surface area contributed by atoms with E-state index >= 15 is 0 Å². The van der Waals surface area contributed by atoms with Crippen molar-refractivity contribution >= 4 is 34.4 Å². The van der Waals surface area contributed by atoms with E-state index in [1.54, 1.807) is 12.4 Å². The molecule has 3 heterocycles. The molecular formula is C28H27N5. The number of aryl methyl sites for hydroxylation is 1. The van der Waals surface area contributed by atoms with Crippen LogP contribution in [0.25, 0.3) is 23.1 Å². The zero-order valence-electron chi connectivity index (χ0n) is 18.8. The van der Waals surface area contributed by atoms with Crippen molar-refractivity contribution in [2.75, 3.05) is 18.4 Å². The third-order valence-corrected chi connectivity index (χ3v) is 6.37. The Labute approximate surface area is 194 Å². The number of hydrogen-bond donors (Lipinski definition) is 2. The third-order valence-electron chi connectivity index (χ3n) is 6.37. The molecule has 4 aromatic rings. The first-order valence-electron chi connectivity index (χ1n) is 11.4. The Kier molecular flexibility index (Phi) is 5.93. The standard InChI is InChI=1S/C28H27N5/c1-20-25-11-12-31-27(25)10-9-26(20)32-28-23(17-30-18-24(28)16-29)8-7-21-5-4-6-22(15-21)19-33-13-2-3-14-33/h4-12,15,17-18,31H,2-3,13-14,19H2,1H3,(H,30,32)/b8-7+. The number of rotatable bonds is 6. The Morgan fingerprint density at radius 3 is 2.85 bits per heavy atom. The monoisotopic (exact) mass is 433 g/mol. The molecule has 2 aromatic carbocycles. The Bertz CT molecular complexity index is 1350. The largest absolute Gasteiger partial charge is 0.361 e. The number of likely N-dealkylation sites (tertiary alicyclic amines) is 1. The fraction of sp³-hybridized carbons (Fsp3) is 0.214. The zero-order valence-corrected chi connectivity index (χ0v) is 18.8. The maximum atomic E-state index is 9.72. The summed E-state index contributed by atoms with van der Waals surface area (Å²) in [6.07, 6.45) is 12.1. The van der Waals surface area contributed by atoms with Crippen LogP contribution >= 0.6 is 0 Å². The molecule has 0 atom stereocenters. The number of aromatic nitrogens is 2. The van der Waals surface area contributed by atoms with E-state index in [0.717, 1.165) is 40.1 Å². The Hall–Kier alpha value is -3.88. The first-order chi connectivity index (χ1) is 16.2. The summed E-state index contributed by atoms with van der Waals surface area (Å²) in [5.41, 5.74) is 7.87. The number of pyridine rings is 1. The van der Waals surface area contributed by atoms with Crippen LogP contribution in [0.15, 0.2) is 61.1 Å². The highest BCUT2D eigenvalue weighted by molar-refractivity contribution is 5.90. The first kappa shape index (κ1) is 21.0. The van der Waals surface area contributed by atoms with Crippen molar-refractivity contribution in [3.63, 3.8) is 0 Å². The topological polar surface area (TPSA) is 67.7 Å². The molecule has 1 fully saturated rings. The van der Waals surface area contributed by atoms with Gasteiger partial charge in [-0.1, -0.05) is 36.4 Å². The van der Waals surface area contributed by atoms with E-state index in [1.807, 2.05) is 18.3 Å². The lowest BCUT2D eigenvalue weighted by Crippen LogP contribution is -2.18. The second-order valence-corrected chi connectivity index (χ2v) is 8.63. The van der Waals surface area contributed by atoms with Gasteiger partial charge >= 0.3 is 0 Å². The lowest BCUT2D eigenvalue weighted by Gasteiger charge is -2.15. The van der Waals surface area contributed by atoms with Crippen LogP contribution < -0.4 is 5.32 Å². The van der Waals surface area contributed by atoms with E-state index in [1.165, 1.54) is 36.9 Å². The number of H-pyrrole nitrogens is 1. The van der Waals surface area contributed by atoms with E-state index in [0.29, 0.717) is 5.56 Å². The van der Waals surface area contributed by atoms with E-state index in [2.05, 4.69) is 75.7 Å². The number of benzene rings is 2. The Balaban J connectivity index is 1.43. The minimum absolute atomic E-state index is 0.522. The molecular weight excluding hydrogens is 406 g/mol. The molecule has 0 spiro atoms. The van der Waals surface area contributed by atoms with Gasteiger partial charge in [0.2, 0.25) is 0 Å². The normalized spacial score (nSPS) is 14.2. The van der Waals surface area contributed by atoms with Crippen molar-refractivity contribution in [3.8, 4) is 6.07 Å². The molecule has 0 amide bonds. The molecule has 1 aliphatic heterocycles. The molecule has 5 nitrogen and oxygen atoms in total. The average molecular weight is 434 g/mol. The quantitative estimate of drug-likeness (QED) is 0.377. The van der Waals surface area contributed by atoms with Crippen LogP contribution in [0.3, 0.4) is 0 Å². The summed E-state index contributed by atoms with van der Waals surface area (Å²) in [7, 11) is 0. The lowest BCUT2D eigenvalue weighted by molar-refractivity contribution is 0.331. The summed E-state index contributed by atoms with van der Waals surface area (Å²) in [4.78, 5) is 10.1. The number of hydrogen-bond acceptors (Lipinski definition) is 4. The van der Waals surface area contributed by atoms with Gasteiger partial charge in [0.15, 0.2) is 0 Å². The van der Waals surface area contributed by atoms with Crippen molar-refractivity contribution in [1.82, 2.24) is 14.9 Å². The van der Waals surface area contributed by atoms with Crippen molar-refractivity contribution in [3.05, 3.63) is 88.9 Å². The second-order valence-electron chi connectivity index (χ2n) is 8.63. The highest BCUT2D eigenvalue weighted by Gasteiger charge is 2.13. The maximum Gasteiger partial charge on any atom is 0.103 e. The molecule has 33 heavy (non-hydrogen) atoms. The second kappa shape index (κ2) is 9.32. The van der Waals surface area contributed by atoms with Crippen molar-refractivity contribution in [2.24, 2.45) is 0 Å². The first-order valence-corrected chi connectivity index (χ1v) is 11.4. The Morgan fingerprint density at radius 1 is 1.12 bits per heavy atom. The molecule has 5 heteroatoms. The summed E-state index contributed by atoms with van der Waals surface area (Å²) >= 11 is 0. The van der Waals surface area contributed by atoms with E-state index in [9.17, 15) is 5.26 Å². The molecule has 0 unspecified atom stereocenters. The van der Waals surface area contributed by atoms with Crippen molar-refractivity contribution in [1.29, 1.82) is 5.26 Å². The van der Waals surface area contributed by atoms with Gasteiger partial charge in [0.05, 0.1) is 11.3 Å². The van der Waals surface area contributed by atoms with Crippen LogP contribution in [-0.4, -0.2) is 28.0 Å². The van der Waals surface area contributed by atoms with Crippen LogP contribution in [0.4, 0.5) is 11.4 Å². The maximum absolute atomic E-state index is 9.72. The molecule has 1 saturated heterocycles. The number of aromatic amines is 1. The average Bonchev–Trinajstić information content (AvgIpc) is 3.53. The molecule has 1 aliphatic rings. The van der Waals surface area contributed by atoms with E-state index < -0.39 is 0 Å². The van der Waals surface area contributed by atoms with Crippen LogP contribution in [0.5, 0.6) is 0 Å². The molecule has 0 aliphatic carbocycles. The SMILES string of the molecule is Cc1c(Nc2c(C#N)cncc2/C=C/c2cccc(CN3CCCC3)c2)ccc2[nH]ccc12. The van der Waals surface area contributed by atoms with Gasteiger partial charge in [0.25, 0.3) is 0 Å². The molecule has 0 bridgehead atoms. The van der Waals surface area contributed by atoms with Crippen LogP contribution in [0, 0.1) is 18.3 Å². The van der Waals surface area contributed by atoms with E-state index in [4.69, 9.17) is 0 Å². The summed E-state index contributed by atoms with van der Waals surface area (Å²) in [6.45, 7) is 5.47. The number of nitriles is 1. The van der Waals surface area contributed by atoms with Crippen LogP contribution in [0.1, 0.15) is 40.7 Å². The van der Waals surface area contributed by atoms with Crippen molar-refractivity contribution in [2.45, 2.75) is 26.3 Å². The van der Waals surface area contributed by atoms with Gasteiger partial charge in [-0.05, 0) is 67.7 Å². The fourth-order valence-corrected chi connectivity index (χ4v) is 4.56. The van der Waals surface area contributed by atoms with Gasteiger partial charge in [-0.25, -0.2) is 0 Å². The van der Waals surface area contributed by atoms with Gasteiger partial charge in [-0.15, -0.1) is 0 Å². The smallest absolute Gasteiger partial charge is 0.103 e. The van der Waals surface area contributed by atoms with Gasteiger partial charge in [-0.2, -0.15) is 5.26 Å². The predicted molar refractivity (Wildman–Crippen MR) is 135 cm³/mol. The van der Waals surface area contributed by atoms with Gasteiger partial charge < -0.3 is 10.3 Å². The number of anilines is 2. The highest BCUT2D eigenvalue weighted by Crippen LogP contribution is 2.31. The summed E-state index contributed by atoms with van der Waals surface area (Å²) in [5, 5.41) is 14.4. The van der Waals surface area contributed by atoms with Crippen LogP contribution in [0.2, 0.25) is 0 Å². The molecule has 5 rings (SSSR count). The summed E-state index contributed by atoms with van der Waals surface area (Å²) < 4.78 is 0. The molecule has 0 radical (unpaired) electrons. The van der Waals surface area contributed by atoms with Gasteiger partial charge in [0.1, 0.15) is 6.07 Å². The molecule has 0 saturated carbocycles. The van der Waals surface area contributed by atoms with Gasteiger partial charge in [0, 0.05) is 47.3 Å². The molecule has 2 aromatic heterocycles. The minimum Gasteiger partial charge on any atom is -0.361 e. The molecule has 164 valence electrons. The van der Waals surface area contributed by atoms with Crippen molar-refractivity contribution < 1.29 is 0 Å². The zero-order chi connectivity index (χ0) is 22.6. The predicted octanol–water partition coefficient (Wildman–Crippen LogP) is 6.25. The van der Waals surface area contributed by atoms with E-state index in [-0.39, 0.29) is 0 Å². The minimum atomic E-state index is 0.522. The third kappa shape index (κ3) is 4.52. The highest BCUT2D eigenvalue weighted by atomic mass is 15.1. The fourth-order valence-electron chi connectivity index (χ4n) is 4.56. The van der Waals surface area contributed by atoms with Crippen LogP contribution in [-0.2, 0) is 6.54 Å².